The van der Waals surface area contributed by atoms with Gasteiger partial charge in [-0.1, -0.05) is 17.7 Å². The van der Waals surface area contributed by atoms with E-state index in [0.717, 1.165) is 12.1 Å². The molecular weight excluding hydrogens is 267 g/mol. The first-order chi connectivity index (χ1) is 9.10. The first kappa shape index (κ1) is 13.7. The average Bonchev–Trinajstić information content (AvgIpc) is 2.81. The summed E-state index contributed by atoms with van der Waals surface area (Å²) < 4.78 is 15.3. The minimum Gasteiger partial charge on any atom is -0.299 e. The number of benzene rings is 1. The highest BCUT2D eigenvalue weighted by Crippen LogP contribution is 2.20. The maximum absolute atomic E-state index is 13.6. The Morgan fingerprint density at radius 2 is 2.21 bits per heavy atom. The average molecular weight is 281 g/mol. The molecule has 0 aliphatic rings. The molecule has 3 nitrogen and oxygen atoms in total. The Balaban J connectivity index is 2.05. The van der Waals surface area contributed by atoms with Crippen LogP contribution in [0.5, 0.6) is 0 Å². The predicted octanol–water partition coefficient (Wildman–Crippen LogP) is 3.05. The number of nitrogens with zero attached hydrogens (tertiary/aromatic N) is 2. The normalized spacial score (nSPS) is 10.7. The van der Waals surface area contributed by atoms with E-state index in [2.05, 4.69) is 5.10 Å². The summed E-state index contributed by atoms with van der Waals surface area (Å²) in [5, 5.41) is 4.38. The van der Waals surface area contributed by atoms with Crippen LogP contribution < -0.4 is 0 Å². The van der Waals surface area contributed by atoms with E-state index in [-0.39, 0.29) is 29.2 Å². The lowest BCUT2D eigenvalue weighted by atomic mass is 10.0. The van der Waals surface area contributed by atoms with Crippen molar-refractivity contribution >= 4 is 17.4 Å². The Morgan fingerprint density at radius 3 is 2.84 bits per heavy atom. The van der Waals surface area contributed by atoms with E-state index in [1.165, 1.54) is 12.1 Å². The van der Waals surface area contributed by atoms with E-state index >= 15 is 0 Å². The summed E-state index contributed by atoms with van der Waals surface area (Å²) in [6, 6.07) is 4.42. The standard InChI is InChI=1S/C14H14ClFN2O/c1-2-18-9-10(8-17-18)6-11(19)7-12-13(15)4-3-5-14(12)16/h3-5,8-9H,2,6-7H2,1H3. The smallest absolute Gasteiger partial charge is 0.141 e. The number of carbonyl (C=O) groups excluding carboxylic acids is 1. The maximum atomic E-state index is 13.6. The van der Waals surface area contributed by atoms with Crippen LogP contribution in [0, 0.1) is 5.82 Å². The number of rotatable bonds is 5. The SMILES string of the molecule is CCn1cc(CC(=O)Cc2c(F)cccc2Cl)cn1. The molecule has 0 fully saturated rings. The Bertz CT molecular complexity index is 575. The first-order valence-electron chi connectivity index (χ1n) is 6.06. The van der Waals surface area contributed by atoms with Crippen LogP contribution in [-0.4, -0.2) is 15.6 Å². The van der Waals surface area contributed by atoms with Crippen molar-refractivity contribution in [1.29, 1.82) is 0 Å². The summed E-state index contributed by atoms with van der Waals surface area (Å²) in [7, 11) is 0. The van der Waals surface area contributed by atoms with Crippen LogP contribution in [0.25, 0.3) is 0 Å². The van der Waals surface area contributed by atoms with Crippen LogP contribution in [0.15, 0.2) is 30.6 Å². The minimum absolute atomic E-state index is 0.00279. The second-order valence-electron chi connectivity index (χ2n) is 4.30. The number of hydrogen-bond donors (Lipinski definition) is 0. The van der Waals surface area contributed by atoms with Crippen molar-refractivity contribution in [2.24, 2.45) is 0 Å². The van der Waals surface area contributed by atoms with Gasteiger partial charge in [-0.05, 0) is 24.6 Å². The molecule has 19 heavy (non-hydrogen) atoms. The number of hydrogen-bond acceptors (Lipinski definition) is 2. The first-order valence-corrected chi connectivity index (χ1v) is 6.44. The highest BCUT2D eigenvalue weighted by Gasteiger charge is 2.13. The third-order valence-corrected chi connectivity index (χ3v) is 3.20. The third-order valence-electron chi connectivity index (χ3n) is 2.85. The fourth-order valence-electron chi connectivity index (χ4n) is 1.86. The molecule has 0 bridgehead atoms. The van der Waals surface area contributed by atoms with Crippen LogP contribution in [0.3, 0.4) is 0 Å². The lowest BCUT2D eigenvalue weighted by Crippen LogP contribution is -2.08. The predicted molar refractivity (Wildman–Crippen MR) is 71.7 cm³/mol. The van der Waals surface area contributed by atoms with Crippen LogP contribution >= 0.6 is 11.6 Å². The van der Waals surface area contributed by atoms with Gasteiger partial charge in [0, 0.05) is 36.2 Å². The van der Waals surface area contributed by atoms with Crippen molar-refractivity contribution in [3.63, 3.8) is 0 Å². The number of aryl methyl sites for hydroxylation is 1. The van der Waals surface area contributed by atoms with Crippen molar-refractivity contribution in [3.05, 3.63) is 52.6 Å². The monoisotopic (exact) mass is 280 g/mol. The summed E-state index contributed by atoms with van der Waals surface area (Å²) in [6.45, 7) is 2.73. The Kier molecular flexibility index (Phi) is 4.32. The Hall–Kier alpha value is -1.68. The fourth-order valence-corrected chi connectivity index (χ4v) is 2.09. The molecule has 0 spiro atoms. The molecule has 1 aromatic carbocycles. The number of carbonyl (C=O) groups is 1. The second kappa shape index (κ2) is 5.97. The van der Waals surface area contributed by atoms with Crippen molar-refractivity contribution in [3.8, 4) is 0 Å². The van der Waals surface area contributed by atoms with Gasteiger partial charge in [-0.25, -0.2) is 4.39 Å². The van der Waals surface area contributed by atoms with Crippen molar-refractivity contribution < 1.29 is 9.18 Å². The van der Waals surface area contributed by atoms with Gasteiger partial charge >= 0.3 is 0 Å². The number of aromatic nitrogens is 2. The molecule has 0 aliphatic carbocycles. The third kappa shape index (κ3) is 3.41. The lowest BCUT2D eigenvalue weighted by molar-refractivity contribution is -0.117. The van der Waals surface area contributed by atoms with Crippen LogP contribution in [0.1, 0.15) is 18.1 Å². The van der Waals surface area contributed by atoms with E-state index in [1.54, 1.807) is 16.9 Å². The van der Waals surface area contributed by atoms with Gasteiger partial charge in [-0.15, -0.1) is 0 Å². The van der Waals surface area contributed by atoms with Gasteiger partial charge < -0.3 is 0 Å². The summed E-state index contributed by atoms with van der Waals surface area (Å²) in [6.07, 6.45) is 3.72. The largest absolute Gasteiger partial charge is 0.299 e. The Labute approximate surface area is 116 Å². The van der Waals surface area contributed by atoms with E-state index in [1.807, 2.05) is 13.1 Å². The Morgan fingerprint density at radius 1 is 1.42 bits per heavy atom. The number of Topliss-reactive ketones (excluding diaryl/α,β-unsaturated/α-hetero) is 1. The molecule has 0 N–H and O–H groups in total. The zero-order valence-corrected chi connectivity index (χ0v) is 11.3. The highest BCUT2D eigenvalue weighted by atomic mass is 35.5. The van der Waals surface area contributed by atoms with Crippen molar-refractivity contribution in [1.82, 2.24) is 9.78 Å². The minimum atomic E-state index is -0.440. The maximum Gasteiger partial charge on any atom is 0.141 e. The molecule has 0 atom stereocenters. The zero-order chi connectivity index (χ0) is 13.8. The van der Waals surface area contributed by atoms with Crippen molar-refractivity contribution in [2.45, 2.75) is 26.3 Å². The van der Waals surface area contributed by atoms with Crippen LogP contribution in [0.2, 0.25) is 5.02 Å². The van der Waals surface area contributed by atoms with Gasteiger partial charge in [0.15, 0.2) is 0 Å². The van der Waals surface area contributed by atoms with Gasteiger partial charge in [0.05, 0.1) is 6.20 Å². The van der Waals surface area contributed by atoms with Gasteiger partial charge in [0.2, 0.25) is 0 Å². The van der Waals surface area contributed by atoms with Gasteiger partial charge in [0.1, 0.15) is 11.6 Å². The molecule has 2 aromatic rings. The molecule has 0 radical (unpaired) electrons. The zero-order valence-electron chi connectivity index (χ0n) is 10.6. The second-order valence-corrected chi connectivity index (χ2v) is 4.70. The molecule has 100 valence electrons. The number of halogens is 2. The van der Waals surface area contributed by atoms with E-state index in [4.69, 9.17) is 11.6 Å². The van der Waals surface area contributed by atoms with Gasteiger partial charge in [-0.3, -0.25) is 9.48 Å². The highest BCUT2D eigenvalue weighted by molar-refractivity contribution is 6.31. The molecule has 0 unspecified atom stereocenters. The molecule has 0 amide bonds. The van der Waals surface area contributed by atoms with Gasteiger partial charge in [-0.2, -0.15) is 5.10 Å². The van der Waals surface area contributed by atoms with E-state index in [9.17, 15) is 9.18 Å². The molecule has 1 heterocycles. The van der Waals surface area contributed by atoms with E-state index < -0.39 is 5.82 Å². The van der Waals surface area contributed by atoms with Crippen molar-refractivity contribution in [2.75, 3.05) is 0 Å². The summed E-state index contributed by atoms with van der Waals surface area (Å²) >= 11 is 5.89. The molecule has 2 rings (SSSR count). The molecule has 0 saturated carbocycles. The summed E-state index contributed by atoms with van der Waals surface area (Å²) in [4.78, 5) is 11.9. The van der Waals surface area contributed by atoms with Crippen LogP contribution in [0.4, 0.5) is 4.39 Å². The quantitative estimate of drug-likeness (QED) is 0.844. The van der Waals surface area contributed by atoms with Crippen LogP contribution in [-0.2, 0) is 24.2 Å². The number of ketones is 1. The molecule has 0 saturated heterocycles. The fraction of sp³-hybridized carbons (Fsp3) is 0.286. The summed E-state index contributed by atoms with van der Waals surface area (Å²) in [5.41, 5.74) is 1.09. The molecule has 1 aromatic heterocycles. The van der Waals surface area contributed by atoms with E-state index in [0.29, 0.717) is 0 Å². The molecule has 0 aliphatic heterocycles. The lowest BCUT2D eigenvalue weighted by Gasteiger charge is -2.04. The molecular formula is C14H14ClFN2O. The van der Waals surface area contributed by atoms with Gasteiger partial charge in [0.25, 0.3) is 0 Å². The summed E-state index contributed by atoms with van der Waals surface area (Å²) in [5.74, 6) is -0.521. The molecule has 5 heteroatoms. The topological polar surface area (TPSA) is 34.9 Å².